The predicted molar refractivity (Wildman–Crippen MR) is 132 cm³/mol. The minimum Gasteiger partial charge on any atom is -0.494 e. The number of amides is 1. The molecule has 176 valence electrons. The number of fused-ring (bicyclic) bond motifs is 2. The van der Waals surface area contributed by atoms with E-state index in [1.165, 1.54) is 12.0 Å². The van der Waals surface area contributed by atoms with Crippen LogP contribution in [0.5, 0.6) is 5.75 Å². The lowest BCUT2D eigenvalue weighted by Gasteiger charge is -2.36. The zero-order valence-electron chi connectivity index (χ0n) is 19.2. The fourth-order valence-corrected chi connectivity index (χ4v) is 4.52. The van der Waals surface area contributed by atoms with Crippen LogP contribution < -0.4 is 20.3 Å². The number of nitrogens with one attached hydrogen (secondary N) is 2. The van der Waals surface area contributed by atoms with Crippen LogP contribution in [0.3, 0.4) is 0 Å². The third-order valence-corrected chi connectivity index (χ3v) is 6.02. The summed E-state index contributed by atoms with van der Waals surface area (Å²) in [5, 5.41) is 6.49. The standard InChI is InChI=1S/C27H23N3O5/c1-3-35-19-15-13-17(14-16-19)23-22-24(31)25(32)30(18-9-5-4-6-10-18)27(22,26(33)34-2)29-21-12-8-7-11-20(21)28-23/h4-16,28-29H,3H2,1-2H3. The number of hydrogen-bond acceptors (Lipinski definition) is 7. The molecule has 0 radical (unpaired) electrons. The Labute approximate surface area is 202 Å². The lowest BCUT2D eigenvalue weighted by Crippen LogP contribution is -2.59. The van der Waals surface area contributed by atoms with Gasteiger partial charge < -0.3 is 20.1 Å². The highest BCUT2D eigenvalue weighted by atomic mass is 16.5. The third kappa shape index (κ3) is 3.42. The van der Waals surface area contributed by atoms with Crippen molar-refractivity contribution in [3.8, 4) is 5.75 Å². The van der Waals surface area contributed by atoms with Gasteiger partial charge in [-0.25, -0.2) is 4.79 Å². The molecule has 0 bridgehead atoms. The second-order valence-corrected chi connectivity index (χ2v) is 8.01. The Morgan fingerprint density at radius 3 is 2.23 bits per heavy atom. The lowest BCUT2D eigenvalue weighted by atomic mass is 9.93. The van der Waals surface area contributed by atoms with Gasteiger partial charge in [0.1, 0.15) is 5.75 Å². The molecule has 3 aromatic carbocycles. The van der Waals surface area contributed by atoms with Crippen LogP contribution in [0.2, 0.25) is 0 Å². The quantitative estimate of drug-likeness (QED) is 0.433. The van der Waals surface area contributed by atoms with Crippen molar-refractivity contribution >= 4 is 40.4 Å². The van der Waals surface area contributed by atoms with Crippen molar-refractivity contribution in [2.45, 2.75) is 12.6 Å². The molecule has 0 aromatic heterocycles. The molecule has 2 heterocycles. The van der Waals surface area contributed by atoms with Crippen molar-refractivity contribution in [3.63, 3.8) is 0 Å². The Balaban J connectivity index is 1.83. The molecule has 35 heavy (non-hydrogen) atoms. The molecule has 2 aliphatic rings. The summed E-state index contributed by atoms with van der Waals surface area (Å²) in [6, 6.07) is 22.9. The highest BCUT2D eigenvalue weighted by Gasteiger charge is 2.64. The zero-order valence-corrected chi connectivity index (χ0v) is 19.2. The van der Waals surface area contributed by atoms with Crippen molar-refractivity contribution < 1.29 is 23.9 Å². The Kier molecular flexibility index (Phi) is 5.49. The number of ketones is 1. The van der Waals surface area contributed by atoms with E-state index in [1.807, 2.05) is 19.1 Å². The number of esters is 1. The van der Waals surface area contributed by atoms with Crippen molar-refractivity contribution in [1.82, 2.24) is 0 Å². The zero-order chi connectivity index (χ0) is 24.6. The Bertz CT molecular complexity index is 1350. The third-order valence-electron chi connectivity index (χ3n) is 6.02. The van der Waals surface area contributed by atoms with E-state index in [9.17, 15) is 14.4 Å². The van der Waals surface area contributed by atoms with Crippen LogP contribution in [0.4, 0.5) is 17.1 Å². The molecule has 1 saturated heterocycles. The molecule has 8 nitrogen and oxygen atoms in total. The van der Waals surface area contributed by atoms with Crippen LogP contribution in [0.1, 0.15) is 12.5 Å². The Morgan fingerprint density at radius 1 is 0.914 bits per heavy atom. The monoisotopic (exact) mass is 469 g/mol. The Morgan fingerprint density at radius 2 is 1.57 bits per heavy atom. The van der Waals surface area contributed by atoms with Gasteiger partial charge in [0.15, 0.2) is 0 Å². The molecular formula is C27H23N3O5. The number of carbonyl (C=O) groups is 3. The van der Waals surface area contributed by atoms with E-state index in [0.717, 1.165) is 0 Å². The van der Waals surface area contributed by atoms with Gasteiger partial charge in [0.25, 0.3) is 11.4 Å². The summed E-state index contributed by atoms with van der Waals surface area (Å²) in [7, 11) is 1.23. The molecule has 0 aliphatic carbocycles. The number of ether oxygens (including phenoxy) is 2. The van der Waals surface area contributed by atoms with E-state index in [1.54, 1.807) is 66.7 Å². The molecule has 1 fully saturated rings. The molecule has 8 heteroatoms. The van der Waals surface area contributed by atoms with Crippen LogP contribution in [0.15, 0.2) is 84.4 Å². The normalized spacial score (nSPS) is 18.7. The SMILES string of the molecule is CCOc1ccc(C2=C3C(=O)C(=O)N(c4ccccc4)C3(C(=O)OC)Nc3ccccc3N2)cc1. The van der Waals surface area contributed by atoms with Crippen LogP contribution >= 0.6 is 0 Å². The number of para-hydroxylation sites is 3. The smallest absolute Gasteiger partial charge is 0.358 e. The average molecular weight is 469 g/mol. The average Bonchev–Trinajstić information content (AvgIpc) is 3.01. The summed E-state index contributed by atoms with van der Waals surface area (Å²) >= 11 is 0. The summed E-state index contributed by atoms with van der Waals surface area (Å²) < 4.78 is 10.8. The highest BCUT2D eigenvalue weighted by Crippen LogP contribution is 2.46. The first kappa shape index (κ1) is 22.2. The maximum Gasteiger partial charge on any atom is 0.358 e. The van der Waals surface area contributed by atoms with Crippen LogP contribution in [-0.2, 0) is 19.1 Å². The molecular weight excluding hydrogens is 446 g/mol. The van der Waals surface area contributed by atoms with Crippen molar-refractivity contribution in [1.29, 1.82) is 0 Å². The second kappa shape index (κ2) is 8.64. The molecule has 1 amide bonds. The first-order valence-corrected chi connectivity index (χ1v) is 11.2. The lowest BCUT2D eigenvalue weighted by molar-refractivity contribution is -0.145. The van der Waals surface area contributed by atoms with E-state index < -0.39 is 23.3 Å². The second-order valence-electron chi connectivity index (χ2n) is 8.01. The number of hydrogen-bond donors (Lipinski definition) is 2. The molecule has 0 saturated carbocycles. The number of methoxy groups -OCH3 is 1. The first-order valence-electron chi connectivity index (χ1n) is 11.2. The van der Waals surface area contributed by atoms with Gasteiger partial charge in [-0.15, -0.1) is 0 Å². The van der Waals surface area contributed by atoms with Gasteiger partial charge in [-0.05, 0) is 61.0 Å². The van der Waals surface area contributed by atoms with Gasteiger partial charge in [-0.1, -0.05) is 30.3 Å². The summed E-state index contributed by atoms with van der Waals surface area (Å²) in [5.41, 5.74) is 0.494. The first-order chi connectivity index (χ1) is 17.0. The molecule has 1 unspecified atom stereocenters. The van der Waals surface area contributed by atoms with Gasteiger partial charge in [0.2, 0.25) is 0 Å². The fourth-order valence-electron chi connectivity index (χ4n) is 4.52. The maximum atomic E-state index is 13.6. The van der Waals surface area contributed by atoms with Crippen molar-refractivity contribution in [2.75, 3.05) is 29.3 Å². The van der Waals surface area contributed by atoms with E-state index in [2.05, 4.69) is 10.6 Å². The van der Waals surface area contributed by atoms with Gasteiger partial charge in [0.05, 0.1) is 36.4 Å². The molecule has 5 rings (SSSR count). The molecule has 1 atom stereocenters. The minimum atomic E-state index is -1.93. The molecule has 2 N–H and O–H groups in total. The predicted octanol–water partition coefficient (Wildman–Crippen LogP) is 3.82. The van der Waals surface area contributed by atoms with E-state index in [0.29, 0.717) is 40.7 Å². The van der Waals surface area contributed by atoms with Gasteiger partial charge in [-0.3, -0.25) is 14.5 Å². The summed E-state index contributed by atoms with van der Waals surface area (Å²) in [6.07, 6.45) is 0. The van der Waals surface area contributed by atoms with E-state index >= 15 is 0 Å². The topological polar surface area (TPSA) is 97.0 Å². The number of benzene rings is 3. The van der Waals surface area contributed by atoms with Crippen LogP contribution in [0.25, 0.3) is 5.70 Å². The minimum absolute atomic E-state index is 0.0430. The number of nitrogens with zero attached hydrogens (tertiary/aromatic N) is 1. The Hall–Kier alpha value is -4.59. The number of carbonyl (C=O) groups excluding carboxylic acids is 3. The highest BCUT2D eigenvalue weighted by molar-refractivity contribution is 6.55. The van der Waals surface area contributed by atoms with E-state index in [4.69, 9.17) is 9.47 Å². The number of Topliss-reactive ketones (excluding diaryl/α,β-unsaturated/α-hetero) is 1. The van der Waals surface area contributed by atoms with Crippen LogP contribution in [0, 0.1) is 0 Å². The summed E-state index contributed by atoms with van der Waals surface area (Å²) in [5.74, 6) is -1.78. The van der Waals surface area contributed by atoms with Crippen molar-refractivity contribution in [2.24, 2.45) is 0 Å². The van der Waals surface area contributed by atoms with E-state index in [-0.39, 0.29) is 5.57 Å². The molecule has 0 spiro atoms. The molecule has 2 aliphatic heterocycles. The molecule has 3 aromatic rings. The summed E-state index contributed by atoms with van der Waals surface area (Å²) in [6.45, 7) is 2.40. The van der Waals surface area contributed by atoms with Crippen molar-refractivity contribution in [3.05, 3.63) is 90.0 Å². The number of rotatable bonds is 5. The van der Waals surface area contributed by atoms with Gasteiger partial charge in [0, 0.05) is 5.69 Å². The van der Waals surface area contributed by atoms with Gasteiger partial charge >= 0.3 is 11.9 Å². The summed E-state index contributed by atoms with van der Waals surface area (Å²) in [4.78, 5) is 41.9. The van der Waals surface area contributed by atoms with Crippen LogP contribution in [-0.4, -0.2) is 37.0 Å². The van der Waals surface area contributed by atoms with Gasteiger partial charge in [-0.2, -0.15) is 0 Å². The largest absolute Gasteiger partial charge is 0.494 e. The fraction of sp³-hybridized carbons (Fsp3) is 0.148. The maximum absolute atomic E-state index is 13.6. The number of anilines is 3.